The van der Waals surface area contributed by atoms with Gasteiger partial charge >= 0.3 is 0 Å². The van der Waals surface area contributed by atoms with Crippen LogP contribution in [0.3, 0.4) is 0 Å². The molecule has 0 saturated carbocycles. The summed E-state index contributed by atoms with van der Waals surface area (Å²) in [6.45, 7) is 12.9. The zero-order chi connectivity index (χ0) is 29.8. The van der Waals surface area contributed by atoms with Gasteiger partial charge in [-0.25, -0.2) is 0 Å². The molecule has 0 bridgehead atoms. The summed E-state index contributed by atoms with van der Waals surface area (Å²) in [6, 6.07) is 10.1. The highest BCUT2D eigenvalue weighted by molar-refractivity contribution is 6.46. The third kappa shape index (κ3) is 6.42. The topological polar surface area (TPSA) is 97.8 Å². The third-order valence-corrected chi connectivity index (χ3v) is 8.01. The Kier molecular flexibility index (Phi) is 9.38. The van der Waals surface area contributed by atoms with E-state index in [-0.39, 0.29) is 17.4 Å². The van der Waals surface area contributed by atoms with Crippen LogP contribution in [0.15, 0.2) is 42.0 Å². The smallest absolute Gasteiger partial charge is 0.295 e. The molecule has 42 heavy (non-hydrogen) atoms. The van der Waals surface area contributed by atoms with Gasteiger partial charge in [0.25, 0.3) is 11.7 Å². The molecule has 3 aliphatic heterocycles. The van der Waals surface area contributed by atoms with Crippen LogP contribution in [0.5, 0.6) is 17.2 Å². The summed E-state index contributed by atoms with van der Waals surface area (Å²) >= 11 is 0. The van der Waals surface area contributed by atoms with Gasteiger partial charge in [-0.05, 0) is 67.6 Å². The molecule has 9 heteroatoms. The summed E-state index contributed by atoms with van der Waals surface area (Å²) < 4.78 is 23.3. The number of morpholine rings is 1. The lowest BCUT2D eigenvalue weighted by Gasteiger charge is -2.31. The summed E-state index contributed by atoms with van der Waals surface area (Å²) in [7, 11) is 0. The van der Waals surface area contributed by atoms with E-state index in [1.54, 1.807) is 11.0 Å². The quantitative estimate of drug-likeness (QED) is 0.235. The van der Waals surface area contributed by atoms with E-state index in [1.165, 1.54) is 0 Å². The Morgan fingerprint density at radius 1 is 1.05 bits per heavy atom. The number of Topliss-reactive ketones (excluding diaryl/α,β-unsaturated/α-hetero) is 1. The van der Waals surface area contributed by atoms with Crippen molar-refractivity contribution in [1.82, 2.24) is 9.80 Å². The first-order valence-corrected chi connectivity index (χ1v) is 15.0. The van der Waals surface area contributed by atoms with Crippen LogP contribution in [0.1, 0.15) is 56.8 Å². The molecule has 0 spiro atoms. The van der Waals surface area contributed by atoms with Gasteiger partial charge in [-0.15, -0.1) is 0 Å². The summed E-state index contributed by atoms with van der Waals surface area (Å²) in [5.41, 5.74) is 2.20. The van der Waals surface area contributed by atoms with Gasteiger partial charge in [-0.2, -0.15) is 0 Å². The second-order valence-corrected chi connectivity index (χ2v) is 11.6. The number of benzene rings is 2. The van der Waals surface area contributed by atoms with E-state index in [1.807, 2.05) is 44.2 Å². The summed E-state index contributed by atoms with van der Waals surface area (Å²) in [5.74, 6) is 0.921. The number of carbonyl (C=O) groups excluding carboxylic acids is 2. The average molecular weight is 579 g/mol. The van der Waals surface area contributed by atoms with E-state index in [9.17, 15) is 14.7 Å². The average Bonchev–Trinajstić information content (AvgIpc) is 3.47. The van der Waals surface area contributed by atoms with E-state index >= 15 is 0 Å². The second kappa shape index (κ2) is 13.2. The highest BCUT2D eigenvalue weighted by Crippen LogP contribution is 2.43. The number of fused-ring (bicyclic) bond motifs is 1. The molecule has 2 saturated heterocycles. The zero-order valence-corrected chi connectivity index (χ0v) is 25.1. The minimum atomic E-state index is -0.779. The summed E-state index contributed by atoms with van der Waals surface area (Å²) in [6.07, 6.45) is 1.66. The summed E-state index contributed by atoms with van der Waals surface area (Å²) in [4.78, 5) is 30.9. The molecule has 0 radical (unpaired) electrons. The number of ketones is 1. The van der Waals surface area contributed by atoms with Crippen molar-refractivity contribution in [3.05, 3.63) is 58.7 Å². The van der Waals surface area contributed by atoms with Crippen molar-refractivity contribution in [3.63, 3.8) is 0 Å². The van der Waals surface area contributed by atoms with Gasteiger partial charge in [0.2, 0.25) is 0 Å². The van der Waals surface area contributed by atoms with Crippen molar-refractivity contribution in [3.8, 4) is 17.2 Å². The molecule has 1 N–H and O–H groups in total. The Bertz CT molecular complexity index is 1330. The number of carbonyl (C=O) groups is 2. The fourth-order valence-corrected chi connectivity index (χ4v) is 5.74. The van der Waals surface area contributed by atoms with Gasteiger partial charge in [0, 0.05) is 38.2 Å². The Labute approximate surface area is 248 Å². The fourth-order valence-electron chi connectivity index (χ4n) is 5.74. The van der Waals surface area contributed by atoms with Gasteiger partial charge < -0.3 is 29.0 Å². The minimum absolute atomic E-state index is 0.0430. The largest absolute Gasteiger partial charge is 0.507 e. The molecule has 2 fully saturated rings. The third-order valence-electron chi connectivity index (χ3n) is 8.01. The first kappa shape index (κ1) is 29.9. The first-order chi connectivity index (χ1) is 20.3. The van der Waals surface area contributed by atoms with Crippen LogP contribution in [0.2, 0.25) is 0 Å². The molecule has 3 aliphatic rings. The number of nitrogens with zero attached hydrogens (tertiary/aromatic N) is 2. The SMILES string of the molecule is CCOc1cc([C@@H]2/C(=C(\O)c3ccc4c(c3)C[C@@H](C)O4)C(=O)C(=O)N2CCN2CCOCC2)ccc1OCCC(C)C. The molecule has 0 unspecified atom stereocenters. The number of aliphatic hydroxyl groups is 1. The van der Waals surface area contributed by atoms with Crippen molar-refractivity contribution in [2.45, 2.75) is 52.7 Å². The Morgan fingerprint density at radius 2 is 1.83 bits per heavy atom. The molecule has 2 aromatic rings. The van der Waals surface area contributed by atoms with E-state index in [4.69, 9.17) is 18.9 Å². The van der Waals surface area contributed by atoms with Gasteiger partial charge in [0.15, 0.2) is 11.5 Å². The van der Waals surface area contributed by atoms with Gasteiger partial charge in [0.1, 0.15) is 17.6 Å². The maximum absolute atomic E-state index is 13.6. The maximum Gasteiger partial charge on any atom is 0.295 e. The predicted molar refractivity (Wildman–Crippen MR) is 159 cm³/mol. The molecule has 226 valence electrons. The Balaban J connectivity index is 1.53. The molecule has 1 amide bonds. The van der Waals surface area contributed by atoms with Crippen LogP contribution in [-0.4, -0.2) is 85.3 Å². The number of likely N-dealkylation sites (tertiary alicyclic amines) is 1. The standard InChI is InChI=1S/C33H42N2O7/c1-5-40-28-20-23(6-9-27(28)41-15-10-21(2)3)30-29(31(36)24-7-8-26-25(19-24)18-22(4)42-26)32(37)33(38)35(30)12-11-34-13-16-39-17-14-34/h6-9,19-22,30,36H,5,10-18H2,1-4H3/b31-29+/t22-,30-/m1/s1. The molecule has 2 aromatic carbocycles. The highest BCUT2D eigenvalue weighted by Gasteiger charge is 2.46. The van der Waals surface area contributed by atoms with Gasteiger partial charge in [-0.1, -0.05) is 19.9 Å². The lowest BCUT2D eigenvalue weighted by molar-refractivity contribution is -0.140. The number of amides is 1. The van der Waals surface area contributed by atoms with Crippen molar-refractivity contribution in [2.24, 2.45) is 5.92 Å². The van der Waals surface area contributed by atoms with Gasteiger partial charge in [0.05, 0.1) is 38.0 Å². The monoisotopic (exact) mass is 578 g/mol. The highest BCUT2D eigenvalue weighted by atomic mass is 16.5. The molecular weight excluding hydrogens is 536 g/mol. The number of hydrogen-bond donors (Lipinski definition) is 1. The lowest BCUT2D eigenvalue weighted by atomic mass is 9.94. The predicted octanol–water partition coefficient (Wildman–Crippen LogP) is 4.59. The van der Waals surface area contributed by atoms with Crippen LogP contribution >= 0.6 is 0 Å². The number of hydrogen-bond acceptors (Lipinski definition) is 8. The van der Waals surface area contributed by atoms with Crippen molar-refractivity contribution in [1.29, 1.82) is 0 Å². The van der Waals surface area contributed by atoms with Gasteiger partial charge in [-0.3, -0.25) is 14.5 Å². The number of ether oxygens (including phenoxy) is 4. The second-order valence-electron chi connectivity index (χ2n) is 11.6. The van der Waals surface area contributed by atoms with Crippen LogP contribution in [0.25, 0.3) is 5.76 Å². The molecule has 9 nitrogen and oxygen atoms in total. The molecule has 0 aromatic heterocycles. The van der Waals surface area contributed by atoms with Crippen LogP contribution < -0.4 is 14.2 Å². The Morgan fingerprint density at radius 3 is 2.57 bits per heavy atom. The zero-order valence-electron chi connectivity index (χ0n) is 25.1. The Hall–Kier alpha value is -3.56. The molecule has 0 aliphatic carbocycles. The molecule has 5 rings (SSSR count). The minimum Gasteiger partial charge on any atom is -0.507 e. The summed E-state index contributed by atoms with van der Waals surface area (Å²) in [5, 5.41) is 11.6. The number of rotatable bonds is 11. The van der Waals surface area contributed by atoms with Crippen LogP contribution in [0, 0.1) is 5.92 Å². The lowest BCUT2D eigenvalue weighted by Crippen LogP contribution is -2.42. The molecule has 2 atom stereocenters. The van der Waals surface area contributed by atoms with E-state index in [2.05, 4.69) is 18.7 Å². The van der Waals surface area contributed by atoms with Crippen molar-refractivity contribution in [2.75, 3.05) is 52.6 Å². The normalized spacial score (nSPS) is 22.0. The van der Waals surface area contributed by atoms with E-state index < -0.39 is 17.7 Å². The first-order valence-electron chi connectivity index (χ1n) is 15.0. The van der Waals surface area contributed by atoms with Crippen molar-refractivity contribution >= 4 is 17.4 Å². The van der Waals surface area contributed by atoms with Crippen LogP contribution in [-0.2, 0) is 20.7 Å². The molecule has 3 heterocycles. The molecular formula is C33H42N2O7. The van der Waals surface area contributed by atoms with E-state index in [0.29, 0.717) is 74.5 Å². The van der Waals surface area contributed by atoms with Crippen LogP contribution in [0.4, 0.5) is 0 Å². The number of aliphatic hydroxyl groups excluding tert-OH is 1. The fraction of sp³-hybridized carbons (Fsp3) is 0.515. The van der Waals surface area contributed by atoms with Crippen molar-refractivity contribution < 1.29 is 33.6 Å². The van der Waals surface area contributed by atoms with E-state index in [0.717, 1.165) is 30.8 Å². The maximum atomic E-state index is 13.6.